The van der Waals surface area contributed by atoms with E-state index < -0.39 is 0 Å². The highest BCUT2D eigenvalue weighted by Gasteiger charge is 2.37. The molecular formula is C28H32N8O2S. The predicted octanol–water partition coefficient (Wildman–Crippen LogP) is 5.35. The molecule has 3 fully saturated rings. The van der Waals surface area contributed by atoms with Crippen molar-refractivity contribution in [1.29, 1.82) is 0 Å². The van der Waals surface area contributed by atoms with Gasteiger partial charge in [-0.05, 0) is 62.5 Å². The number of benzene rings is 1. The van der Waals surface area contributed by atoms with E-state index in [-0.39, 0.29) is 12.1 Å². The number of aromatic nitrogens is 5. The smallest absolute Gasteiger partial charge is 0.259 e. The van der Waals surface area contributed by atoms with Crippen molar-refractivity contribution >= 4 is 34.1 Å². The predicted molar refractivity (Wildman–Crippen MR) is 151 cm³/mol. The van der Waals surface area contributed by atoms with Crippen LogP contribution in [0.1, 0.15) is 44.9 Å². The van der Waals surface area contributed by atoms with Gasteiger partial charge in [0.05, 0.1) is 12.3 Å². The standard InChI is InChI=1S/C28H32N8O2S/c37-21-11-9-20(10-12-21)30-27-31-23(13-24(33-27)36-15-18-7-4-8-19(18)16-36)32-28-29-14-22(39-28)26-35-34-25(38-26)17-5-2-1-3-6-17/h1-3,5-6,13-14,18-21,37H,4,7-12,15-16H2,(H2,29,30,31,32,33). The van der Waals surface area contributed by atoms with Crippen molar-refractivity contribution in [2.24, 2.45) is 11.8 Å². The van der Waals surface area contributed by atoms with Gasteiger partial charge >= 0.3 is 0 Å². The first-order chi connectivity index (χ1) is 19.2. The van der Waals surface area contributed by atoms with Crippen LogP contribution in [0.5, 0.6) is 0 Å². The van der Waals surface area contributed by atoms with Crippen molar-refractivity contribution in [3.05, 3.63) is 42.6 Å². The second-order valence-corrected chi connectivity index (χ2v) is 11.9. The van der Waals surface area contributed by atoms with E-state index in [9.17, 15) is 5.11 Å². The van der Waals surface area contributed by atoms with Crippen LogP contribution in [0.15, 0.2) is 47.0 Å². The molecule has 0 spiro atoms. The van der Waals surface area contributed by atoms with E-state index in [1.54, 1.807) is 6.20 Å². The van der Waals surface area contributed by atoms with Gasteiger partial charge in [0, 0.05) is 30.8 Å². The Morgan fingerprint density at radius 3 is 2.49 bits per heavy atom. The van der Waals surface area contributed by atoms with Crippen LogP contribution in [-0.2, 0) is 0 Å². The quantitative estimate of drug-likeness (QED) is 0.280. The molecule has 4 aromatic rings. The van der Waals surface area contributed by atoms with Gasteiger partial charge in [-0.1, -0.05) is 36.0 Å². The van der Waals surface area contributed by atoms with Crippen molar-refractivity contribution < 1.29 is 9.52 Å². The monoisotopic (exact) mass is 544 g/mol. The minimum absolute atomic E-state index is 0.196. The third-order valence-electron chi connectivity index (χ3n) is 8.19. The normalized spacial score (nSPS) is 24.6. The summed E-state index contributed by atoms with van der Waals surface area (Å²) in [5.41, 5.74) is 0.881. The van der Waals surface area contributed by atoms with Gasteiger partial charge in [-0.2, -0.15) is 9.97 Å². The zero-order valence-electron chi connectivity index (χ0n) is 21.7. The van der Waals surface area contributed by atoms with Crippen LogP contribution in [0.25, 0.3) is 22.2 Å². The molecule has 1 aromatic carbocycles. The molecule has 39 heavy (non-hydrogen) atoms. The van der Waals surface area contributed by atoms with Crippen LogP contribution in [-0.4, -0.2) is 55.5 Å². The van der Waals surface area contributed by atoms with Crippen molar-refractivity contribution in [2.45, 2.75) is 57.1 Å². The van der Waals surface area contributed by atoms with E-state index in [1.165, 1.54) is 30.6 Å². The second kappa shape index (κ2) is 10.5. The first kappa shape index (κ1) is 24.5. The SMILES string of the molecule is OC1CCC(Nc2nc(Nc3ncc(-c4nnc(-c5ccccc5)o4)s3)cc(N3CC4CCCC4C3)n2)CC1. The molecule has 202 valence electrons. The lowest BCUT2D eigenvalue weighted by Crippen LogP contribution is -2.29. The zero-order chi connectivity index (χ0) is 26.2. The Morgan fingerprint density at radius 2 is 1.69 bits per heavy atom. The molecule has 4 heterocycles. The molecule has 2 aliphatic carbocycles. The molecule has 2 atom stereocenters. The number of rotatable bonds is 7. The lowest BCUT2D eigenvalue weighted by molar-refractivity contribution is 0.126. The summed E-state index contributed by atoms with van der Waals surface area (Å²) < 4.78 is 5.91. The molecule has 3 aromatic heterocycles. The van der Waals surface area contributed by atoms with Crippen LogP contribution in [0, 0.1) is 11.8 Å². The number of nitrogens with one attached hydrogen (secondary N) is 2. The Hall–Kier alpha value is -3.57. The summed E-state index contributed by atoms with van der Waals surface area (Å²) in [6.45, 7) is 2.11. The molecule has 1 saturated heterocycles. The van der Waals surface area contributed by atoms with Crippen LogP contribution in [0.4, 0.5) is 22.7 Å². The number of thiazole rings is 1. The van der Waals surface area contributed by atoms with E-state index in [2.05, 4.69) is 30.7 Å². The van der Waals surface area contributed by atoms with Gasteiger partial charge in [0.2, 0.25) is 11.8 Å². The highest BCUT2D eigenvalue weighted by molar-refractivity contribution is 7.18. The molecule has 7 rings (SSSR count). The highest BCUT2D eigenvalue weighted by atomic mass is 32.1. The Labute approximate surface area is 230 Å². The van der Waals surface area contributed by atoms with Crippen LogP contribution < -0.4 is 15.5 Å². The Morgan fingerprint density at radius 1 is 0.923 bits per heavy atom. The first-order valence-corrected chi connectivity index (χ1v) is 14.7. The molecule has 2 saturated carbocycles. The number of fused-ring (bicyclic) bond motifs is 1. The molecule has 0 bridgehead atoms. The highest BCUT2D eigenvalue weighted by Crippen LogP contribution is 2.40. The fourth-order valence-electron chi connectivity index (χ4n) is 6.11. The minimum atomic E-state index is -0.196. The zero-order valence-corrected chi connectivity index (χ0v) is 22.5. The molecule has 1 aliphatic heterocycles. The van der Waals surface area contributed by atoms with Gasteiger partial charge in [-0.25, -0.2) is 4.98 Å². The average Bonchev–Trinajstić information content (AvgIpc) is 3.75. The van der Waals surface area contributed by atoms with Gasteiger partial charge in [-0.15, -0.1) is 10.2 Å². The molecular weight excluding hydrogens is 512 g/mol. The molecule has 10 nitrogen and oxygen atoms in total. The number of hydrogen-bond donors (Lipinski definition) is 3. The summed E-state index contributed by atoms with van der Waals surface area (Å²) in [5.74, 6) is 4.72. The number of nitrogens with zero attached hydrogens (tertiary/aromatic N) is 6. The van der Waals surface area contributed by atoms with Crippen molar-refractivity contribution in [1.82, 2.24) is 25.1 Å². The van der Waals surface area contributed by atoms with Crippen molar-refractivity contribution in [2.75, 3.05) is 28.6 Å². The van der Waals surface area contributed by atoms with Gasteiger partial charge in [-0.3, -0.25) is 0 Å². The molecule has 3 N–H and O–H groups in total. The van der Waals surface area contributed by atoms with E-state index in [4.69, 9.17) is 14.4 Å². The van der Waals surface area contributed by atoms with Crippen LogP contribution in [0.3, 0.4) is 0 Å². The van der Waals surface area contributed by atoms with Crippen molar-refractivity contribution in [3.8, 4) is 22.2 Å². The maximum Gasteiger partial charge on any atom is 0.259 e. The molecule has 0 amide bonds. The maximum absolute atomic E-state index is 9.91. The summed E-state index contributed by atoms with van der Waals surface area (Å²) in [6, 6.07) is 12.0. The summed E-state index contributed by atoms with van der Waals surface area (Å²) in [5, 5.41) is 26.0. The maximum atomic E-state index is 9.91. The van der Waals surface area contributed by atoms with E-state index in [0.29, 0.717) is 28.7 Å². The molecule has 11 heteroatoms. The Balaban J connectivity index is 1.11. The van der Waals surface area contributed by atoms with Crippen LogP contribution in [0.2, 0.25) is 0 Å². The molecule has 2 unspecified atom stereocenters. The molecule has 0 radical (unpaired) electrons. The third kappa shape index (κ3) is 5.33. The summed E-state index contributed by atoms with van der Waals surface area (Å²) in [4.78, 5) is 17.5. The van der Waals surface area contributed by atoms with Gasteiger partial charge in [0.25, 0.3) is 5.89 Å². The van der Waals surface area contributed by atoms with Crippen LogP contribution >= 0.6 is 11.3 Å². The van der Waals surface area contributed by atoms with E-state index in [0.717, 1.165) is 66.9 Å². The lowest BCUT2D eigenvalue weighted by Gasteiger charge is -2.27. The number of aliphatic hydroxyl groups excluding tert-OH is 1. The summed E-state index contributed by atoms with van der Waals surface area (Å²) >= 11 is 1.44. The largest absolute Gasteiger partial charge is 0.415 e. The first-order valence-electron chi connectivity index (χ1n) is 13.9. The summed E-state index contributed by atoms with van der Waals surface area (Å²) in [6.07, 6.45) is 8.96. The average molecular weight is 545 g/mol. The van der Waals surface area contributed by atoms with Gasteiger partial charge in [0.1, 0.15) is 16.5 Å². The Kier molecular flexibility index (Phi) is 6.61. The fraction of sp³-hybridized carbons (Fsp3) is 0.464. The van der Waals surface area contributed by atoms with E-state index >= 15 is 0 Å². The summed E-state index contributed by atoms with van der Waals surface area (Å²) in [7, 11) is 0. The Bertz CT molecular complexity index is 1410. The molecule has 3 aliphatic rings. The topological polar surface area (TPSA) is 125 Å². The van der Waals surface area contributed by atoms with Gasteiger partial charge < -0.3 is 25.1 Å². The number of aliphatic hydroxyl groups is 1. The van der Waals surface area contributed by atoms with Gasteiger partial charge in [0.15, 0.2) is 5.13 Å². The number of anilines is 4. The number of hydrogen-bond acceptors (Lipinski definition) is 11. The third-order valence-corrected chi connectivity index (χ3v) is 9.09. The minimum Gasteiger partial charge on any atom is -0.415 e. The second-order valence-electron chi connectivity index (χ2n) is 10.9. The van der Waals surface area contributed by atoms with Crippen molar-refractivity contribution in [3.63, 3.8) is 0 Å². The lowest BCUT2D eigenvalue weighted by atomic mass is 9.93. The fourth-order valence-corrected chi connectivity index (χ4v) is 6.85. The van der Waals surface area contributed by atoms with E-state index in [1.807, 2.05) is 36.4 Å².